The Balaban J connectivity index is 1.41. The van der Waals surface area contributed by atoms with Crippen molar-refractivity contribution in [2.45, 2.75) is 18.9 Å². The van der Waals surface area contributed by atoms with E-state index in [9.17, 15) is 9.59 Å². The zero-order valence-corrected chi connectivity index (χ0v) is 13.1. The Bertz CT molecular complexity index is 398. The van der Waals surface area contributed by atoms with E-state index in [2.05, 4.69) is 10.2 Å². The van der Waals surface area contributed by atoms with Gasteiger partial charge in [-0.3, -0.25) is 14.5 Å². The summed E-state index contributed by atoms with van der Waals surface area (Å²) in [6, 6.07) is 0.0153. The SMILES string of the molecule is O=C(CN1CCN(C(=O)C2CCCN2)CC1)N1CCOCC1. The lowest BCUT2D eigenvalue weighted by Gasteiger charge is -2.36. The molecule has 3 rings (SSSR count). The lowest BCUT2D eigenvalue weighted by atomic mass is 10.2. The molecular weight excluding hydrogens is 284 g/mol. The minimum atomic E-state index is 0.0153. The van der Waals surface area contributed by atoms with Crippen LogP contribution in [-0.4, -0.2) is 98.1 Å². The molecule has 7 nitrogen and oxygen atoms in total. The highest BCUT2D eigenvalue weighted by molar-refractivity contribution is 5.82. The molecule has 0 aromatic heterocycles. The Morgan fingerprint density at radius 2 is 1.73 bits per heavy atom. The summed E-state index contributed by atoms with van der Waals surface area (Å²) in [5.74, 6) is 0.414. The molecule has 3 aliphatic heterocycles. The fraction of sp³-hybridized carbons (Fsp3) is 0.867. The Hall–Kier alpha value is -1.18. The van der Waals surface area contributed by atoms with Gasteiger partial charge in [-0.1, -0.05) is 0 Å². The number of piperazine rings is 1. The van der Waals surface area contributed by atoms with Crippen molar-refractivity contribution in [3.8, 4) is 0 Å². The van der Waals surface area contributed by atoms with Crippen molar-refractivity contribution in [1.29, 1.82) is 0 Å². The van der Waals surface area contributed by atoms with Gasteiger partial charge in [0.2, 0.25) is 11.8 Å². The van der Waals surface area contributed by atoms with E-state index in [-0.39, 0.29) is 17.9 Å². The van der Waals surface area contributed by atoms with E-state index in [1.165, 1.54) is 0 Å². The van der Waals surface area contributed by atoms with Crippen molar-refractivity contribution in [2.24, 2.45) is 0 Å². The van der Waals surface area contributed by atoms with Crippen molar-refractivity contribution in [2.75, 3.05) is 65.6 Å². The Morgan fingerprint density at radius 3 is 2.36 bits per heavy atom. The fourth-order valence-corrected chi connectivity index (χ4v) is 3.35. The third-order valence-electron chi connectivity index (χ3n) is 4.77. The van der Waals surface area contributed by atoms with E-state index in [0.29, 0.717) is 32.8 Å². The molecule has 3 fully saturated rings. The number of morpholine rings is 1. The van der Waals surface area contributed by atoms with E-state index < -0.39 is 0 Å². The molecule has 0 aliphatic carbocycles. The van der Waals surface area contributed by atoms with Gasteiger partial charge in [-0.2, -0.15) is 0 Å². The second-order valence-corrected chi connectivity index (χ2v) is 6.24. The van der Waals surface area contributed by atoms with Gasteiger partial charge in [0, 0.05) is 39.3 Å². The first-order valence-corrected chi connectivity index (χ1v) is 8.34. The molecule has 1 unspecified atom stereocenters. The maximum Gasteiger partial charge on any atom is 0.239 e. The molecule has 2 amide bonds. The summed E-state index contributed by atoms with van der Waals surface area (Å²) in [5, 5.41) is 3.26. The number of nitrogens with zero attached hydrogens (tertiary/aromatic N) is 3. The number of carbonyl (C=O) groups excluding carboxylic acids is 2. The molecule has 1 atom stereocenters. The van der Waals surface area contributed by atoms with Crippen LogP contribution in [-0.2, 0) is 14.3 Å². The van der Waals surface area contributed by atoms with Gasteiger partial charge in [-0.05, 0) is 19.4 Å². The summed E-state index contributed by atoms with van der Waals surface area (Å²) < 4.78 is 5.27. The molecule has 3 aliphatic rings. The van der Waals surface area contributed by atoms with Crippen LogP contribution in [0.15, 0.2) is 0 Å². The summed E-state index contributed by atoms with van der Waals surface area (Å²) in [5.41, 5.74) is 0. The zero-order chi connectivity index (χ0) is 15.4. The fourth-order valence-electron chi connectivity index (χ4n) is 3.35. The first-order chi connectivity index (χ1) is 10.7. The number of amides is 2. The summed E-state index contributed by atoms with van der Waals surface area (Å²) in [6.07, 6.45) is 2.04. The maximum absolute atomic E-state index is 12.3. The summed E-state index contributed by atoms with van der Waals surface area (Å²) in [4.78, 5) is 30.5. The maximum atomic E-state index is 12.3. The molecule has 1 N–H and O–H groups in total. The number of nitrogens with one attached hydrogen (secondary N) is 1. The third kappa shape index (κ3) is 3.77. The zero-order valence-electron chi connectivity index (χ0n) is 13.1. The Morgan fingerprint density at radius 1 is 1.00 bits per heavy atom. The van der Waals surface area contributed by atoms with E-state index >= 15 is 0 Å². The second kappa shape index (κ2) is 7.39. The van der Waals surface area contributed by atoms with E-state index in [1.54, 1.807) is 0 Å². The lowest BCUT2D eigenvalue weighted by molar-refractivity contribution is -0.138. The predicted octanol–water partition coefficient (Wildman–Crippen LogP) is -1.26. The molecule has 7 heteroatoms. The van der Waals surface area contributed by atoms with Gasteiger partial charge in [-0.25, -0.2) is 0 Å². The van der Waals surface area contributed by atoms with Crippen molar-refractivity contribution in [1.82, 2.24) is 20.0 Å². The van der Waals surface area contributed by atoms with Gasteiger partial charge in [0.15, 0.2) is 0 Å². The van der Waals surface area contributed by atoms with Crippen LogP contribution in [0.5, 0.6) is 0 Å². The highest BCUT2D eigenvalue weighted by atomic mass is 16.5. The van der Waals surface area contributed by atoms with Crippen LogP contribution >= 0.6 is 0 Å². The first-order valence-electron chi connectivity index (χ1n) is 8.34. The van der Waals surface area contributed by atoms with Gasteiger partial charge in [-0.15, -0.1) is 0 Å². The molecule has 0 spiro atoms. The van der Waals surface area contributed by atoms with Crippen LogP contribution in [0.25, 0.3) is 0 Å². The van der Waals surface area contributed by atoms with Crippen LogP contribution in [0.4, 0.5) is 0 Å². The molecule has 0 saturated carbocycles. The first kappa shape index (κ1) is 15.7. The Kier molecular flexibility index (Phi) is 5.28. The Labute approximate surface area is 131 Å². The standard InChI is InChI=1S/C15H26N4O3/c20-14(18-8-10-22-11-9-18)12-17-4-6-19(7-5-17)15(21)13-2-1-3-16-13/h13,16H,1-12H2. The van der Waals surface area contributed by atoms with Crippen molar-refractivity contribution in [3.05, 3.63) is 0 Å². The van der Waals surface area contributed by atoms with Crippen LogP contribution in [0.1, 0.15) is 12.8 Å². The van der Waals surface area contributed by atoms with E-state index in [1.807, 2.05) is 9.80 Å². The minimum Gasteiger partial charge on any atom is -0.378 e. The topological polar surface area (TPSA) is 65.1 Å². The molecule has 22 heavy (non-hydrogen) atoms. The average Bonchev–Trinajstić information content (AvgIpc) is 3.10. The molecule has 0 aromatic rings. The molecule has 3 saturated heterocycles. The van der Waals surface area contributed by atoms with Gasteiger partial charge in [0.1, 0.15) is 0 Å². The van der Waals surface area contributed by atoms with Crippen LogP contribution in [0, 0.1) is 0 Å². The third-order valence-corrected chi connectivity index (χ3v) is 4.77. The monoisotopic (exact) mass is 310 g/mol. The molecule has 3 heterocycles. The summed E-state index contributed by atoms with van der Waals surface area (Å²) in [7, 11) is 0. The predicted molar refractivity (Wildman–Crippen MR) is 81.4 cm³/mol. The second-order valence-electron chi connectivity index (χ2n) is 6.24. The molecule has 0 radical (unpaired) electrons. The van der Waals surface area contributed by atoms with E-state index in [0.717, 1.165) is 45.6 Å². The van der Waals surface area contributed by atoms with Gasteiger partial charge in [0.05, 0.1) is 25.8 Å². The molecule has 0 bridgehead atoms. The summed E-state index contributed by atoms with van der Waals surface area (Å²) in [6.45, 7) is 7.12. The van der Waals surface area contributed by atoms with E-state index in [4.69, 9.17) is 4.74 Å². The molecule has 0 aromatic carbocycles. The number of hydrogen-bond donors (Lipinski definition) is 1. The largest absolute Gasteiger partial charge is 0.378 e. The smallest absolute Gasteiger partial charge is 0.239 e. The average molecular weight is 310 g/mol. The number of hydrogen-bond acceptors (Lipinski definition) is 5. The van der Waals surface area contributed by atoms with Gasteiger partial charge in [0.25, 0.3) is 0 Å². The highest BCUT2D eigenvalue weighted by Gasteiger charge is 2.30. The molecule has 124 valence electrons. The van der Waals surface area contributed by atoms with Crippen LogP contribution in [0.2, 0.25) is 0 Å². The van der Waals surface area contributed by atoms with Gasteiger partial charge >= 0.3 is 0 Å². The van der Waals surface area contributed by atoms with Crippen LogP contribution in [0.3, 0.4) is 0 Å². The number of carbonyl (C=O) groups is 2. The van der Waals surface area contributed by atoms with Crippen LogP contribution < -0.4 is 5.32 Å². The lowest BCUT2D eigenvalue weighted by Crippen LogP contribution is -2.55. The quantitative estimate of drug-likeness (QED) is 0.705. The van der Waals surface area contributed by atoms with Crippen molar-refractivity contribution >= 4 is 11.8 Å². The van der Waals surface area contributed by atoms with Gasteiger partial charge < -0.3 is 19.9 Å². The highest BCUT2D eigenvalue weighted by Crippen LogP contribution is 2.11. The van der Waals surface area contributed by atoms with Crippen molar-refractivity contribution < 1.29 is 14.3 Å². The summed E-state index contributed by atoms with van der Waals surface area (Å²) >= 11 is 0. The molecular formula is C15H26N4O3. The normalized spacial score (nSPS) is 27.2. The number of ether oxygens (including phenoxy) is 1. The minimum absolute atomic E-state index is 0.0153. The number of rotatable bonds is 3. The van der Waals surface area contributed by atoms with Crippen molar-refractivity contribution in [3.63, 3.8) is 0 Å².